The standard InChI is InChI=1S/C18H18ClN3O5S/c1-25-15-7-6-13(9-16(15)26-2)18-21-17(27-22-18)10-20-28(23,24)11-12-4-3-5-14(19)8-12/h3-9,20H,10-11H2,1-2H3. The van der Waals surface area contributed by atoms with E-state index in [1.54, 1.807) is 49.6 Å². The molecule has 148 valence electrons. The van der Waals surface area contributed by atoms with Gasteiger partial charge >= 0.3 is 0 Å². The molecule has 0 saturated carbocycles. The zero-order valence-electron chi connectivity index (χ0n) is 15.2. The average molecular weight is 424 g/mol. The van der Waals surface area contributed by atoms with E-state index in [-0.39, 0.29) is 18.2 Å². The van der Waals surface area contributed by atoms with Gasteiger partial charge in [0.15, 0.2) is 11.5 Å². The number of aromatic nitrogens is 2. The highest BCUT2D eigenvalue weighted by Crippen LogP contribution is 2.31. The number of ether oxygens (including phenoxy) is 2. The molecule has 0 atom stereocenters. The van der Waals surface area contributed by atoms with Crippen molar-refractivity contribution in [3.63, 3.8) is 0 Å². The Bertz CT molecular complexity index is 1070. The van der Waals surface area contributed by atoms with Gasteiger partial charge in [0.25, 0.3) is 0 Å². The fraction of sp³-hybridized carbons (Fsp3) is 0.222. The number of nitrogens with zero attached hydrogens (tertiary/aromatic N) is 2. The first-order chi connectivity index (χ1) is 13.4. The molecular formula is C18H18ClN3O5S. The monoisotopic (exact) mass is 423 g/mol. The molecule has 1 N–H and O–H groups in total. The molecule has 1 aromatic heterocycles. The quantitative estimate of drug-likeness (QED) is 0.593. The molecule has 0 aliphatic heterocycles. The van der Waals surface area contributed by atoms with Crippen LogP contribution in [0.25, 0.3) is 11.4 Å². The second kappa shape index (κ2) is 8.59. The van der Waals surface area contributed by atoms with E-state index in [2.05, 4.69) is 14.9 Å². The molecule has 2 aromatic carbocycles. The minimum Gasteiger partial charge on any atom is -0.493 e. The summed E-state index contributed by atoms with van der Waals surface area (Å²) in [5.41, 5.74) is 1.23. The van der Waals surface area contributed by atoms with Gasteiger partial charge in [-0.05, 0) is 35.9 Å². The first-order valence-electron chi connectivity index (χ1n) is 8.17. The minimum atomic E-state index is -3.60. The molecule has 0 aliphatic carbocycles. The van der Waals surface area contributed by atoms with Gasteiger partial charge in [0.2, 0.25) is 21.7 Å². The largest absolute Gasteiger partial charge is 0.493 e. The van der Waals surface area contributed by atoms with Crippen molar-refractivity contribution in [1.82, 2.24) is 14.9 Å². The van der Waals surface area contributed by atoms with Crippen molar-refractivity contribution in [2.24, 2.45) is 0 Å². The molecule has 28 heavy (non-hydrogen) atoms. The molecule has 0 fully saturated rings. The summed E-state index contributed by atoms with van der Waals surface area (Å²) in [6.07, 6.45) is 0. The summed E-state index contributed by atoms with van der Waals surface area (Å²) in [6, 6.07) is 11.8. The summed E-state index contributed by atoms with van der Waals surface area (Å²) in [4.78, 5) is 4.21. The van der Waals surface area contributed by atoms with E-state index in [9.17, 15) is 8.42 Å². The fourth-order valence-corrected chi connectivity index (χ4v) is 3.76. The molecule has 0 saturated heterocycles. The summed E-state index contributed by atoms with van der Waals surface area (Å²) >= 11 is 5.88. The maximum absolute atomic E-state index is 12.2. The molecule has 0 aliphatic rings. The molecule has 0 amide bonds. The summed E-state index contributed by atoms with van der Waals surface area (Å²) < 4.78 is 42.5. The van der Waals surface area contributed by atoms with E-state index in [0.29, 0.717) is 33.5 Å². The molecule has 1 heterocycles. The van der Waals surface area contributed by atoms with E-state index in [1.807, 2.05) is 0 Å². The number of benzene rings is 2. The van der Waals surface area contributed by atoms with Gasteiger partial charge in [-0.1, -0.05) is 28.9 Å². The Labute approximate surface area is 167 Å². The van der Waals surface area contributed by atoms with Crippen LogP contribution in [0.5, 0.6) is 11.5 Å². The number of hydrogen-bond acceptors (Lipinski definition) is 7. The molecule has 0 unspecified atom stereocenters. The topological polar surface area (TPSA) is 104 Å². The van der Waals surface area contributed by atoms with Gasteiger partial charge in [-0.15, -0.1) is 0 Å². The van der Waals surface area contributed by atoms with Gasteiger partial charge in [-0.25, -0.2) is 13.1 Å². The molecule has 0 spiro atoms. The van der Waals surface area contributed by atoms with Crippen molar-refractivity contribution in [2.75, 3.05) is 14.2 Å². The molecule has 0 radical (unpaired) electrons. The second-order valence-corrected chi connectivity index (χ2v) is 8.03. The number of nitrogens with one attached hydrogen (secondary N) is 1. The lowest BCUT2D eigenvalue weighted by Gasteiger charge is -2.07. The van der Waals surface area contributed by atoms with Crippen molar-refractivity contribution in [3.8, 4) is 22.9 Å². The summed E-state index contributed by atoms with van der Waals surface area (Å²) in [7, 11) is -0.531. The van der Waals surface area contributed by atoms with Crippen LogP contribution in [-0.2, 0) is 22.3 Å². The number of methoxy groups -OCH3 is 2. The third-order valence-electron chi connectivity index (χ3n) is 3.80. The van der Waals surface area contributed by atoms with E-state index in [4.69, 9.17) is 25.6 Å². The SMILES string of the molecule is COc1ccc(-c2noc(CNS(=O)(=O)Cc3cccc(Cl)c3)n2)cc1OC. The Hall–Kier alpha value is -2.62. The van der Waals surface area contributed by atoms with E-state index < -0.39 is 10.0 Å². The van der Waals surface area contributed by atoms with Gasteiger partial charge in [0.1, 0.15) is 0 Å². The zero-order chi connectivity index (χ0) is 20.1. The van der Waals surface area contributed by atoms with Gasteiger partial charge < -0.3 is 14.0 Å². The Morgan fingerprint density at radius 2 is 1.89 bits per heavy atom. The summed E-state index contributed by atoms with van der Waals surface area (Å²) in [5, 5.41) is 4.35. The van der Waals surface area contributed by atoms with Crippen LogP contribution in [0.3, 0.4) is 0 Å². The molecular weight excluding hydrogens is 406 g/mol. The molecule has 8 nitrogen and oxygen atoms in total. The predicted octanol–water partition coefficient (Wildman–Crippen LogP) is 3.03. The number of rotatable bonds is 8. The van der Waals surface area contributed by atoms with Gasteiger partial charge in [0, 0.05) is 10.6 Å². The van der Waals surface area contributed by atoms with Crippen LogP contribution in [0.4, 0.5) is 0 Å². The predicted molar refractivity (Wildman–Crippen MR) is 104 cm³/mol. The number of sulfonamides is 1. The summed E-state index contributed by atoms with van der Waals surface area (Å²) in [6.45, 7) is -0.122. The smallest absolute Gasteiger partial charge is 0.242 e. The molecule has 3 rings (SSSR count). The van der Waals surface area contributed by atoms with Crippen LogP contribution in [0, 0.1) is 0 Å². The third kappa shape index (κ3) is 5.00. The van der Waals surface area contributed by atoms with Crippen molar-refractivity contribution >= 4 is 21.6 Å². The van der Waals surface area contributed by atoms with Crippen LogP contribution < -0.4 is 14.2 Å². The first-order valence-corrected chi connectivity index (χ1v) is 10.2. The Kier molecular flexibility index (Phi) is 6.18. The van der Waals surface area contributed by atoms with Crippen LogP contribution in [-0.4, -0.2) is 32.8 Å². The lowest BCUT2D eigenvalue weighted by molar-refractivity contribution is 0.355. The maximum atomic E-state index is 12.2. The molecule has 3 aromatic rings. The minimum absolute atomic E-state index is 0.122. The zero-order valence-corrected chi connectivity index (χ0v) is 16.7. The highest BCUT2D eigenvalue weighted by molar-refractivity contribution is 7.88. The van der Waals surface area contributed by atoms with Crippen molar-refractivity contribution in [1.29, 1.82) is 0 Å². The Balaban J connectivity index is 1.68. The van der Waals surface area contributed by atoms with Crippen molar-refractivity contribution < 1.29 is 22.4 Å². The highest BCUT2D eigenvalue weighted by atomic mass is 35.5. The van der Waals surface area contributed by atoms with Crippen LogP contribution >= 0.6 is 11.6 Å². The van der Waals surface area contributed by atoms with E-state index in [0.717, 1.165) is 0 Å². The lowest BCUT2D eigenvalue weighted by atomic mass is 10.2. The van der Waals surface area contributed by atoms with Crippen molar-refractivity contribution in [2.45, 2.75) is 12.3 Å². The van der Waals surface area contributed by atoms with Crippen LogP contribution in [0.15, 0.2) is 47.0 Å². The summed E-state index contributed by atoms with van der Waals surface area (Å²) in [5.74, 6) is 1.34. The van der Waals surface area contributed by atoms with Crippen molar-refractivity contribution in [3.05, 3.63) is 58.9 Å². The molecule has 10 heteroatoms. The van der Waals surface area contributed by atoms with E-state index >= 15 is 0 Å². The Morgan fingerprint density at radius 3 is 2.61 bits per heavy atom. The van der Waals surface area contributed by atoms with Gasteiger partial charge in [0.05, 0.1) is 26.5 Å². The second-order valence-electron chi connectivity index (χ2n) is 5.79. The number of halogens is 1. The maximum Gasteiger partial charge on any atom is 0.242 e. The van der Waals surface area contributed by atoms with Crippen LogP contribution in [0.2, 0.25) is 5.02 Å². The molecule has 0 bridgehead atoms. The highest BCUT2D eigenvalue weighted by Gasteiger charge is 2.16. The fourth-order valence-electron chi connectivity index (χ4n) is 2.49. The normalized spacial score (nSPS) is 11.4. The van der Waals surface area contributed by atoms with Gasteiger partial charge in [-0.3, -0.25) is 0 Å². The Morgan fingerprint density at radius 1 is 1.11 bits per heavy atom. The lowest BCUT2D eigenvalue weighted by Crippen LogP contribution is -2.24. The number of hydrogen-bond donors (Lipinski definition) is 1. The van der Waals surface area contributed by atoms with Crippen LogP contribution in [0.1, 0.15) is 11.5 Å². The third-order valence-corrected chi connectivity index (χ3v) is 5.33. The van der Waals surface area contributed by atoms with E-state index in [1.165, 1.54) is 7.11 Å². The van der Waals surface area contributed by atoms with Gasteiger partial charge in [-0.2, -0.15) is 4.98 Å². The average Bonchev–Trinajstić information content (AvgIpc) is 3.15. The first kappa shape index (κ1) is 20.1.